The van der Waals surface area contributed by atoms with Crippen LogP contribution in [0.25, 0.3) is 33.6 Å². The second kappa shape index (κ2) is 23.7. The molecular weight excluding hydrogens is 1070 g/mol. The molecule has 5 aromatic rings. The van der Waals surface area contributed by atoms with Crippen LogP contribution in [-0.4, -0.2) is 97.7 Å². The molecular formula is C51H55BrF8N6O9. The summed E-state index contributed by atoms with van der Waals surface area (Å²) in [7, 11) is 1.33. The third-order valence-corrected chi connectivity index (χ3v) is 12.6. The lowest BCUT2D eigenvalue weighted by Crippen LogP contribution is -2.33. The van der Waals surface area contributed by atoms with Crippen molar-refractivity contribution in [2.45, 2.75) is 91.9 Å². The van der Waals surface area contributed by atoms with Crippen molar-refractivity contribution in [2.75, 3.05) is 25.7 Å². The predicted molar refractivity (Wildman–Crippen MR) is 262 cm³/mol. The Kier molecular flexibility index (Phi) is 19.1. The number of pyridine rings is 2. The number of imidazole rings is 1. The Hall–Kier alpha value is -6.98. The highest BCUT2D eigenvalue weighted by Crippen LogP contribution is 2.59. The molecule has 7 rings (SSSR count). The summed E-state index contributed by atoms with van der Waals surface area (Å²) in [5, 5.41) is 23.7. The molecule has 24 heteroatoms. The van der Waals surface area contributed by atoms with Crippen LogP contribution in [0.5, 0.6) is 11.8 Å². The number of nitrogens with zero attached hydrogens (tertiary/aromatic N) is 3. The zero-order valence-corrected chi connectivity index (χ0v) is 43.5. The van der Waals surface area contributed by atoms with Gasteiger partial charge in [0, 0.05) is 48.8 Å². The number of aromatic nitrogens is 4. The maximum absolute atomic E-state index is 14.9. The second-order valence-electron chi connectivity index (χ2n) is 19.0. The summed E-state index contributed by atoms with van der Waals surface area (Å²) in [5.41, 5.74) is 3.68. The first-order valence-corrected chi connectivity index (χ1v) is 23.7. The lowest BCUT2D eigenvalue weighted by atomic mass is 9.95. The molecule has 6 N–H and O–H groups in total. The smallest absolute Gasteiger partial charge is 0.401 e. The third-order valence-electron chi connectivity index (χ3n) is 12.1. The molecule has 0 aliphatic heterocycles. The number of aliphatic carboxylic acids is 2. The monoisotopic (exact) mass is 1130 g/mol. The zero-order chi connectivity index (χ0) is 56.6. The van der Waals surface area contributed by atoms with Gasteiger partial charge in [0.15, 0.2) is 5.78 Å². The number of carbonyl (C=O) groups is 4. The summed E-state index contributed by atoms with van der Waals surface area (Å²) >= 11 is 2.73. The number of nitrogen functional groups attached to an aromatic ring is 1. The average molecular weight is 1130 g/mol. The van der Waals surface area contributed by atoms with Gasteiger partial charge in [0.1, 0.15) is 47.3 Å². The summed E-state index contributed by atoms with van der Waals surface area (Å²) < 4.78 is 121. The van der Waals surface area contributed by atoms with Crippen molar-refractivity contribution >= 4 is 45.5 Å². The van der Waals surface area contributed by atoms with Gasteiger partial charge in [0.2, 0.25) is 11.8 Å². The molecule has 2 aliphatic carbocycles. The number of rotatable bonds is 15. The maximum atomic E-state index is 14.9. The number of benzene rings is 2. The molecule has 0 spiro atoms. The van der Waals surface area contributed by atoms with Gasteiger partial charge < -0.3 is 35.1 Å². The van der Waals surface area contributed by atoms with Crippen molar-refractivity contribution in [3.63, 3.8) is 0 Å². The van der Waals surface area contributed by atoms with Crippen LogP contribution in [0.1, 0.15) is 82.7 Å². The van der Waals surface area contributed by atoms with Crippen LogP contribution in [0.3, 0.4) is 0 Å². The molecule has 0 unspecified atom stereocenters. The highest BCUT2D eigenvalue weighted by atomic mass is 79.9. The Balaban J connectivity index is 0.000000260. The van der Waals surface area contributed by atoms with Crippen LogP contribution in [0.15, 0.2) is 67.1 Å². The fourth-order valence-electron chi connectivity index (χ4n) is 7.01. The Morgan fingerprint density at radius 3 is 1.57 bits per heavy atom. The number of carbonyl (C=O) groups excluding carboxylic acids is 2. The van der Waals surface area contributed by atoms with Crippen molar-refractivity contribution in [2.24, 2.45) is 22.0 Å². The number of aryl methyl sites for hydroxylation is 2. The number of alkyl halides is 7. The molecule has 2 aromatic carbocycles. The lowest BCUT2D eigenvalue weighted by molar-refractivity contribution is -0.189. The van der Waals surface area contributed by atoms with E-state index in [-0.39, 0.29) is 84.6 Å². The van der Waals surface area contributed by atoms with Gasteiger partial charge in [-0.15, -0.1) is 0 Å². The zero-order valence-electron chi connectivity index (χ0n) is 41.9. The fourth-order valence-corrected chi connectivity index (χ4v) is 7.55. The van der Waals surface area contributed by atoms with Crippen molar-refractivity contribution in [1.82, 2.24) is 19.9 Å². The number of hydrogen-bond acceptors (Lipinski definition) is 11. The number of methoxy groups -OCH3 is 1. The van der Waals surface area contributed by atoms with E-state index in [1.165, 1.54) is 51.4 Å². The number of aromatic amines is 1. The number of nitrogens with one attached hydrogen (secondary N) is 2. The van der Waals surface area contributed by atoms with Gasteiger partial charge in [-0.05, 0) is 114 Å². The standard InChI is InChI=1S/C24H23F4N3O3.C19H22FN3O3.C6H6BrF3O.C2H4O2/c1-13-8-19(34-12-22(2,3)21(32)33)29-10-16(13)14-4-5-15(17(25)9-14)20-30-11-18(31-20)23(6-7-23)24(26,27)28;1-11-7-16(26-10-19(2,3)18(24)25-4)23-9-14(11)12-5-6-13(17(21)22)15(20)8-12;7-3-4(11)5(1-2-5)6(8,9)10;1-2(3)4/h4-5,8-11H,6-7,12H2,1-3H3,(H,30,31)(H,32,33);5-9H,10H2,1-4H3,(H3,21,22);1-3H2;1H3,(H,3,4). The first-order chi connectivity index (χ1) is 34.7. The minimum atomic E-state index is -4.39. The highest BCUT2D eigenvalue weighted by molar-refractivity contribution is 9.09. The maximum Gasteiger partial charge on any atom is 0.401 e. The molecule has 75 heavy (non-hydrogen) atoms. The number of carboxylic acid groups (broad SMARTS) is 2. The van der Waals surface area contributed by atoms with E-state index in [1.807, 2.05) is 6.92 Å². The van der Waals surface area contributed by atoms with E-state index < -0.39 is 63.4 Å². The number of Topliss-reactive ketones (excluding diaryl/α,β-unsaturated/α-hetero) is 1. The predicted octanol–water partition coefficient (Wildman–Crippen LogP) is 11.1. The first kappa shape index (κ1) is 60.6. The average Bonchev–Trinajstić information content (AvgIpc) is 4.26. The van der Waals surface area contributed by atoms with Gasteiger partial charge in [-0.25, -0.2) is 23.7 Å². The number of halogens is 9. The summed E-state index contributed by atoms with van der Waals surface area (Å²) in [6.45, 7) is 11.3. The molecule has 0 amide bonds. The van der Waals surface area contributed by atoms with Crippen LogP contribution in [0, 0.1) is 47.1 Å². The van der Waals surface area contributed by atoms with Crippen LogP contribution >= 0.6 is 15.9 Å². The highest BCUT2D eigenvalue weighted by Gasteiger charge is 2.67. The number of carboxylic acids is 2. The molecule has 2 fully saturated rings. The summed E-state index contributed by atoms with van der Waals surface area (Å²) in [5.74, 6) is -3.82. The van der Waals surface area contributed by atoms with Crippen LogP contribution in [0.2, 0.25) is 0 Å². The van der Waals surface area contributed by atoms with Crippen molar-refractivity contribution in [3.05, 3.63) is 101 Å². The van der Waals surface area contributed by atoms with Gasteiger partial charge in [0.05, 0.1) is 40.1 Å². The summed E-state index contributed by atoms with van der Waals surface area (Å²) in [6, 6.07) is 12.2. The van der Waals surface area contributed by atoms with Crippen LogP contribution in [-0.2, 0) is 29.3 Å². The van der Waals surface area contributed by atoms with E-state index in [9.17, 15) is 54.6 Å². The van der Waals surface area contributed by atoms with Gasteiger partial charge in [-0.1, -0.05) is 28.1 Å². The quantitative estimate of drug-likeness (QED) is 0.0216. The van der Waals surface area contributed by atoms with E-state index in [0.717, 1.165) is 29.8 Å². The Morgan fingerprint density at radius 2 is 1.21 bits per heavy atom. The third kappa shape index (κ3) is 14.9. The van der Waals surface area contributed by atoms with Crippen LogP contribution in [0.4, 0.5) is 35.1 Å². The number of amidine groups is 1. The van der Waals surface area contributed by atoms with Gasteiger partial charge >= 0.3 is 24.3 Å². The van der Waals surface area contributed by atoms with Crippen molar-refractivity contribution in [3.8, 4) is 45.4 Å². The Morgan fingerprint density at radius 1 is 0.733 bits per heavy atom. The molecule has 0 radical (unpaired) electrons. The van der Waals surface area contributed by atoms with E-state index in [1.54, 1.807) is 51.2 Å². The van der Waals surface area contributed by atoms with Crippen LogP contribution < -0.4 is 15.2 Å². The summed E-state index contributed by atoms with van der Waals surface area (Å²) in [4.78, 5) is 57.7. The number of esters is 1. The van der Waals surface area contributed by atoms with E-state index >= 15 is 0 Å². The number of ether oxygens (including phenoxy) is 3. The molecule has 0 atom stereocenters. The summed E-state index contributed by atoms with van der Waals surface area (Å²) in [6.07, 6.45) is -4.64. The van der Waals surface area contributed by atoms with Gasteiger partial charge in [-0.3, -0.25) is 24.6 Å². The number of H-pyrrole nitrogens is 1. The van der Waals surface area contributed by atoms with Gasteiger partial charge in [-0.2, -0.15) is 26.3 Å². The van der Waals surface area contributed by atoms with E-state index in [2.05, 4.69) is 35.9 Å². The number of ketones is 1. The Labute approximate surface area is 434 Å². The van der Waals surface area contributed by atoms with E-state index in [0.29, 0.717) is 22.6 Å². The first-order valence-electron chi connectivity index (χ1n) is 22.6. The van der Waals surface area contributed by atoms with E-state index in [4.69, 9.17) is 35.3 Å². The molecule has 406 valence electrons. The largest absolute Gasteiger partial charge is 0.481 e. The molecule has 3 aromatic heterocycles. The molecule has 0 saturated heterocycles. The second-order valence-corrected chi connectivity index (χ2v) is 19.6. The molecule has 2 aliphatic rings. The minimum Gasteiger partial charge on any atom is -0.481 e. The fraction of sp³-hybridized carbons (Fsp3) is 0.412. The molecule has 3 heterocycles. The molecule has 0 bridgehead atoms. The minimum absolute atomic E-state index is 0.0145. The normalized spacial score (nSPS) is 14.3. The number of nitrogens with two attached hydrogens (primary N) is 1. The van der Waals surface area contributed by atoms with Crippen molar-refractivity contribution < 1.29 is 78.7 Å². The number of hydrogen-bond donors (Lipinski definition) is 5. The lowest BCUT2D eigenvalue weighted by Gasteiger charge is -2.21. The van der Waals surface area contributed by atoms with Crippen molar-refractivity contribution in [1.29, 1.82) is 5.41 Å². The Bertz CT molecular complexity index is 2910. The molecule has 2 saturated carbocycles. The van der Waals surface area contributed by atoms with Gasteiger partial charge in [0.25, 0.3) is 5.97 Å². The SMILES string of the molecule is CC(=O)O.COC(=O)C(C)(C)COc1cc(C)c(-c2ccc(C(=N)N)c(F)c2)cn1.Cc1cc(OCC(C)(C)C(=O)O)ncc1-c1ccc(-c2ncc(C3(C(F)(F)F)CC3)[nH]2)c(F)c1.O=C(CBr)C1(C(F)(F)F)CC1. The molecule has 15 nitrogen and oxygen atoms in total. The topological polar surface area (TPSA) is 241 Å².